The lowest BCUT2D eigenvalue weighted by Crippen LogP contribution is -2.17. The van der Waals surface area contributed by atoms with Gasteiger partial charge in [0.25, 0.3) is 0 Å². The Morgan fingerprint density at radius 3 is 2.40 bits per heavy atom. The van der Waals surface area contributed by atoms with E-state index in [1.54, 1.807) is 0 Å². The van der Waals surface area contributed by atoms with Crippen molar-refractivity contribution in [2.75, 3.05) is 0 Å². The summed E-state index contributed by atoms with van der Waals surface area (Å²) in [4.78, 5) is 0. The van der Waals surface area contributed by atoms with Crippen LogP contribution >= 0.6 is 0 Å². The quantitative estimate of drug-likeness (QED) is 0.469. The van der Waals surface area contributed by atoms with E-state index in [4.69, 9.17) is 0 Å². The molecule has 0 aliphatic heterocycles. The van der Waals surface area contributed by atoms with Gasteiger partial charge in [-0.2, -0.15) is 0 Å². The standard InChI is InChI=1S/C14H28O/c1-5-6-7-11-14(15)13(4)10-8-9-12(2)3/h9,13-15H,5-8,10-11H2,1-4H3/t13-,14-/m0/s1. The van der Waals surface area contributed by atoms with Gasteiger partial charge in [-0.3, -0.25) is 0 Å². The van der Waals surface area contributed by atoms with E-state index >= 15 is 0 Å². The lowest BCUT2D eigenvalue weighted by Gasteiger charge is -2.17. The molecule has 0 radical (unpaired) electrons. The fourth-order valence-corrected chi connectivity index (χ4v) is 1.72. The fourth-order valence-electron chi connectivity index (χ4n) is 1.72. The van der Waals surface area contributed by atoms with Gasteiger partial charge in [-0.15, -0.1) is 0 Å². The summed E-state index contributed by atoms with van der Waals surface area (Å²) in [6.45, 7) is 8.62. The highest BCUT2D eigenvalue weighted by Crippen LogP contribution is 2.17. The zero-order valence-electron chi connectivity index (χ0n) is 10.9. The maximum absolute atomic E-state index is 9.89. The molecule has 1 heteroatoms. The number of rotatable bonds is 8. The van der Waals surface area contributed by atoms with Crippen LogP contribution in [-0.2, 0) is 0 Å². The molecule has 0 amide bonds. The summed E-state index contributed by atoms with van der Waals surface area (Å²) in [7, 11) is 0. The van der Waals surface area contributed by atoms with E-state index in [1.165, 1.54) is 24.8 Å². The van der Waals surface area contributed by atoms with Crippen molar-refractivity contribution in [2.24, 2.45) is 5.92 Å². The first kappa shape index (κ1) is 14.7. The highest BCUT2D eigenvalue weighted by Gasteiger charge is 2.12. The average Bonchev–Trinajstić information content (AvgIpc) is 2.17. The molecule has 15 heavy (non-hydrogen) atoms. The van der Waals surface area contributed by atoms with E-state index in [-0.39, 0.29) is 6.10 Å². The van der Waals surface area contributed by atoms with Crippen LogP contribution in [0.5, 0.6) is 0 Å². The number of hydrogen-bond donors (Lipinski definition) is 1. The summed E-state index contributed by atoms with van der Waals surface area (Å²) >= 11 is 0. The molecule has 0 aliphatic carbocycles. The van der Waals surface area contributed by atoms with Gasteiger partial charge in [0.15, 0.2) is 0 Å². The summed E-state index contributed by atoms with van der Waals surface area (Å²) in [6, 6.07) is 0. The van der Waals surface area contributed by atoms with Crippen molar-refractivity contribution in [3.63, 3.8) is 0 Å². The molecule has 0 aromatic carbocycles. The highest BCUT2D eigenvalue weighted by molar-refractivity contribution is 4.93. The minimum Gasteiger partial charge on any atom is -0.393 e. The summed E-state index contributed by atoms with van der Waals surface area (Å²) in [5.41, 5.74) is 1.38. The minimum absolute atomic E-state index is 0.0953. The van der Waals surface area contributed by atoms with Crippen LogP contribution in [0.1, 0.15) is 66.2 Å². The molecule has 0 fully saturated rings. The second kappa shape index (κ2) is 8.96. The molecule has 0 aromatic rings. The van der Waals surface area contributed by atoms with Gasteiger partial charge in [0.1, 0.15) is 0 Å². The molecule has 1 nitrogen and oxygen atoms in total. The summed E-state index contributed by atoms with van der Waals surface area (Å²) in [6.07, 6.45) is 9.01. The Balaban J connectivity index is 3.59. The van der Waals surface area contributed by atoms with E-state index < -0.39 is 0 Å². The second-order valence-electron chi connectivity index (χ2n) is 4.90. The van der Waals surface area contributed by atoms with Gasteiger partial charge in [-0.1, -0.05) is 44.8 Å². The monoisotopic (exact) mass is 212 g/mol. The van der Waals surface area contributed by atoms with Crippen molar-refractivity contribution in [3.05, 3.63) is 11.6 Å². The van der Waals surface area contributed by atoms with Gasteiger partial charge in [0.2, 0.25) is 0 Å². The van der Waals surface area contributed by atoms with E-state index in [2.05, 4.69) is 33.8 Å². The first-order chi connectivity index (χ1) is 7.07. The first-order valence-electron chi connectivity index (χ1n) is 6.39. The number of hydrogen-bond acceptors (Lipinski definition) is 1. The average molecular weight is 212 g/mol. The fraction of sp³-hybridized carbons (Fsp3) is 0.857. The van der Waals surface area contributed by atoms with Crippen LogP contribution in [0.3, 0.4) is 0 Å². The van der Waals surface area contributed by atoms with Crippen molar-refractivity contribution in [1.82, 2.24) is 0 Å². The van der Waals surface area contributed by atoms with Crippen LogP contribution in [0.2, 0.25) is 0 Å². The van der Waals surface area contributed by atoms with Crippen molar-refractivity contribution in [3.8, 4) is 0 Å². The molecule has 0 aromatic heterocycles. The van der Waals surface area contributed by atoms with Crippen LogP contribution in [0.15, 0.2) is 11.6 Å². The van der Waals surface area contributed by atoms with E-state index in [1.807, 2.05) is 0 Å². The zero-order chi connectivity index (χ0) is 11.7. The van der Waals surface area contributed by atoms with E-state index in [9.17, 15) is 5.11 Å². The molecule has 2 atom stereocenters. The van der Waals surface area contributed by atoms with Crippen LogP contribution in [0, 0.1) is 5.92 Å². The summed E-state index contributed by atoms with van der Waals surface area (Å²) in [5, 5.41) is 9.89. The molecular weight excluding hydrogens is 184 g/mol. The van der Waals surface area contributed by atoms with Crippen molar-refractivity contribution < 1.29 is 5.11 Å². The van der Waals surface area contributed by atoms with Crippen LogP contribution in [0.25, 0.3) is 0 Å². The van der Waals surface area contributed by atoms with Gasteiger partial charge < -0.3 is 5.11 Å². The molecule has 0 saturated carbocycles. The van der Waals surface area contributed by atoms with Gasteiger partial charge in [0.05, 0.1) is 6.10 Å². The van der Waals surface area contributed by atoms with Crippen LogP contribution < -0.4 is 0 Å². The Kier molecular flexibility index (Phi) is 8.79. The Bertz CT molecular complexity index is 168. The third kappa shape index (κ3) is 8.68. The Morgan fingerprint density at radius 2 is 1.87 bits per heavy atom. The van der Waals surface area contributed by atoms with E-state index in [0.717, 1.165) is 19.3 Å². The van der Waals surface area contributed by atoms with Gasteiger partial charge in [0, 0.05) is 0 Å². The Morgan fingerprint density at radius 1 is 1.20 bits per heavy atom. The Hall–Kier alpha value is -0.300. The topological polar surface area (TPSA) is 20.2 Å². The third-order valence-corrected chi connectivity index (χ3v) is 2.93. The summed E-state index contributed by atoms with van der Waals surface area (Å²) < 4.78 is 0. The molecule has 0 aliphatic rings. The van der Waals surface area contributed by atoms with Crippen LogP contribution in [0.4, 0.5) is 0 Å². The predicted octanol–water partition coefficient (Wildman–Crippen LogP) is 4.31. The SMILES string of the molecule is CCCCC[C@H](O)[C@@H](C)CCC=C(C)C. The maximum Gasteiger partial charge on any atom is 0.0565 e. The molecule has 0 unspecified atom stereocenters. The van der Waals surface area contributed by atoms with Crippen molar-refractivity contribution >= 4 is 0 Å². The number of aliphatic hydroxyl groups is 1. The first-order valence-corrected chi connectivity index (χ1v) is 6.39. The third-order valence-electron chi connectivity index (χ3n) is 2.93. The second-order valence-corrected chi connectivity index (χ2v) is 4.90. The molecule has 0 heterocycles. The molecule has 0 saturated heterocycles. The highest BCUT2D eigenvalue weighted by atomic mass is 16.3. The summed E-state index contributed by atoms with van der Waals surface area (Å²) in [5.74, 6) is 0.442. The Labute approximate surface area is 95.6 Å². The smallest absolute Gasteiger partial charge is 0.0565 e. The maximum atomic E-state index is 9.89. The zero-order valence-corrected chi connectivity index (χ0v) is 10.9. The minimum atomic E-state index is -0.0953. The van der Waals surface area contributed by atoms with Gasteiger partial charge in [-0.25, -0.2) is 0 Å². The predicted molar refractivity (Wildman–Crippen MR) is 68.0 cm³/mol. The lowest BCUT2D eigenvalue weighted by molar-refractivity contribution is 0.101. The van der Waals surface area contributed by atoms with Crippen molar-refractivity contribution in [2.45, 2.75) is 72.3 Å². The molecule has 0 spiro atoms. The molecule has 1 N–H and O–H groups in total. The normalized spacial score (nSPS) is 14.7. The molecular formula is C14H28O. The number of allylic oxidation sites excluding steroid dienone is 2. The van der Waals surface area contributed by atoms with Gasteiger partial charge >= 0.3 is 0 Å². The number of aliphatic hydroxyl groups excluding tert-OH is 1. The number of unbranched alkanes of at least 4 members (excludes halogenated alkanes) is 2. The molecule has 90 valence electrons. The van der Waals surface area contributed by atoms with E-state index in [0.29, 0.717) is 5.92 Å². The van der Waals surface area contributed by atoms with Crippen molar-refractivity contribution in [1.29, 1.82) is 0 Å². The van der Waals surface area contributed by atoms with Gasteiger partial charge in [-0.05, 0) is 39.0 Å². The lowest BCUT2D eigenvalue weighted by atomic mass is 9.94. The largest absolute Gasteiger partial charge is 0.393 e. The van der Waals surface area contributed by atoms with Crippen LogP contribution in [-0.4, -0.2) is 11.2 Å². The molecule has 0 bridgehead atoms. The molecule has 0 rings (SSSR count).